The highest BCUT2D eigenvalue weighted by Crippen LogP contribution is 2.51. The monoisotopic (exact) mass is 174 g/mol. The van der Waals surface area contributed by atoms with E-state index >= 15 is 0 Å². The van der Waals surface area contributed by atoms with Gasteiger partial charge in [0.1, 0.15) is 0 Å². The van der Waals surface area contributed by atoms with Crippen molar-refractivity contribution >= 4 is 0 Å². The topological polar surface area (TPSA) is 24.9 Å². The number of rotatable bonds is 1. The lowest BCUT2D eigenvalue weighted by Gasteiger charge is -2.17. The minimum Gasteiger partial charge on any atom is -0.311 e. The van der Waals surface area contributed by atoms with Crippen molar-refractivity contribution in [3.05, 3.63) is 30.1 Å². The molecule has 2 heterocycles. The lowest BCUT2D eigenvalue weighted by Crippen LogP contribution is -2.27. The fraction of sp³-hybridized carbons (Fsp3) is 0.545. The molecule has 68 valence electrons. The Balaban J connectivity index is 1.93. The molecule has 1 saturated heterocycles. The van der Waals surface area contributed by atoms with Gasteiger partial charge in [0.05, 0.1) is 0 Å². The highest BCUT2D eigenvalue weighted by atomic mass is 15.1. The Morgan fingerprint density at radius 3 is 3.08 bits per heavy atom. The molecular formula is C11H14N2. The summed E-state index contributed by atoms with van der Waals surface area (Å²) in [7, 11) is 0. The van der Waals surface area contributed by atoms with E-state index in [1.54, 1.807) is 0 Å². The predicted octanol–water partition coefficient (Wildman–Crippen LogP) is 1.69. The van der Waals surface area contributed by atoms with Crippen LogP contribution >= 0.6 is 0 Å². The Bertz CT molecular complexity index is 303. The third-order valence-corrected chi connectivity index (χ3v) is 3.45. The zero-order chi connectivity index (χ0) is 8.73. The maximum atomic E-state index is 4.19. The van der Waals surface area contributed by atoms with Crippen molar-refractivity contribution in [2.75, 3.05) is 6.54 Å². The van der Waals surface area contributed by atoms with Gasteiger partial charge >= 0.3 is 0 Å². The summed E-state index contributed by atoms with van der Waals surface area (Å²) in [5, 5.41) is 3.63. The molecule has 1 N–H and O–H groups in total. The third kappa shape index (κ3) is 1.09. The van der Waals surface area contributed by atoms with Crippen LogP contribution in [0.15, 0.2) is 24.5 Å². The Morgan fingerprint density at radius 2 is 2.38 bits per heavy atom. The molecule has 13 heavy (non-hydrogen) atoms. The van der Waals surface area contributed by atoms with E-state index in [4.69, 9.17) is 0 Å². The van der Waals surface area contributed by atoms with E-state index in [0.29, 0.717) is 5.54 Å². The van der Waals surface area contributed by atoms with Gasteiger partial charge in [-0.2, -0.15) is 0 Å². The highest BCUT2D eigenvalue weighted by molar-refractivity contribution is 5.27. The van der Waals surface area contributed by atoms with Crippen molar-refractivity contribution in [2.24, 2.45) is 0 Å². The van der Waals surface area contributed by atoms with Crippen molar-refractivity contribution in [3.63, 3.8) is 0 Å². The summed E-state index contributed by atoms with van der Waals surface area (Å²) in [4.78, 5) is 4.19. The van der Waals surface area contributed by atoms with Crippen LogP contribution in [0, 0.1) is 0 Å². The molecule has 0 amide bonds. The first-order chi connectivity index (χ1) is 6.41. The molecule has 1 aromatic rings. The molecule has 1 saturated carbocycles. The van der Waals surface area contributed by atoms with Crippen molar-refractivity contribution in [3.8, 4) is 0 Å². The average molecular weight is 174 g/mol. The number of hydrogen-bond acceptors (Lipinski definition) is 2. The molecule has 3 rings (SSSR count). The van der Waals surface area contributed by atoms with E-state index < -0.39 is 0 Å². The van der Waals surface area contributed by atoms with Crippen molar-refractivity contribution in [1.82, 2.24) is 10.3 Å². The van der Waals surface area contributed by atoms with Gasteiger partial charge in [-0.3, -0.25) is 4.98 Å². The molecule has 2 heteroatoms. The number of hydrogen-bond donors (Lipinski definition) is 1. The van der Waals surface area contributed by atoms with E-state index in [1.807, 2.05) is 18.5 Å². The molecule has 1 aliphatic heterocycles. The Labute approximate surface area is 78.4 Å². The second-order valence-corrected chi connectivity index (χ2v) is 4.21. The minimum atomic E-state index is 0.475. The van der Waals surface area contributed by atoms with Gasteiger partial charge in [0.15, 0.2) is 0 Å². The van der Waals surface area contributed by atoms with Crippen LogP contribution in [0.2, 0.25) is 0 Å². The number of nitrogens with zero attached hydrogens (tertiary/aromatic N) is 1. The summed E-state index contributed by atoms with van der Waals surface area (Å²) in [6.45, 7) is 1.18. The first-order valence-electron chi connectivity index (χ1n) is 5.06. The molecule has 1 atom stereocenters. The first kappa shape index (κ1) is 7.51. The number of pyridine rings is 1. The van der Waals surface area contributed by atoms with Crippen LogP contribution in [-0.2, 0) is 0 Å². The molecule has 1 spiro atoms. The minimum absolute atomic E-state index is 0.475. The van der Waals surface area contributed by atoms with Crippen LogP contribution in [0.3, 0.4) is 0 Å². The standard InChI is InChI=1S/C11H14N2/c1-2-9(8-12-6-1)10-3-7-13-11(10)4-5-11/h1-2,6,8,10,13H,3-5,7H2. The molecule has 2 aliphatic rings. The molecule has 1 unspecified atom stereocenters. The second-order valence-electron chi connectivity index (χ2n) is 4.21. The fourth-order valence-electron chi connectivity index (χ4n) is 2.59. The maximum absolute atomic E-state index is 4.19. The van der Waals surface area contributed by atoms with Crippen molar-refractivity contribution in [1.29, 1.82) is 0 Å². The number of nitrogens with one attached hydrogen (secondary N) is 1. The first-order valence-corrected chi connectivity index (χ1v) is 5.06. The molecule has 0 aromatic carbocycles. The molecule has 1 aliphatic carbocycles. The van der Waals surface area contributed by atoms with E-state index in [-0.39, 0.29) is 0 Å². The lowest BCUT2D eigenvalue weighted by atomic mass is 9.91. The van der Waals surface area contributed by atoms with Crippen LogP contribution in [-0.4, -0.2) is 17.1 Å². The Morgan fingerprint density at radius 1 is 1.46 bits per heavy atom. The van der Waals surface area contributed by atoms with Gasteiger partial charge in [0.2, 0.25) is 0 Å². The summed E-state index contributed by atoms with van der Waals surface area (Å²) in [5.41, 5.74) is 1.90. The van der Waals surface area contributed by atoms with E-state index in [1.165, 1.54) is 31.4 Å². The normalized spacial score (nSPS) is 29.4. The maximum Gasteiger partial charge on any atom is 0.0303 e. The zero-order valence-corrected chi connectivity index (χ0v) is 7.66. The van der Waals surface area contributed by atoms with E-state index in [2.05, 4.69) is 16.4 Å². The van der Waals surface area contributed by atoms with Crippen LogP contribution in [0.25, 0.3) is 0 Å². The highest BCUT2D eigenvalue weighted by Gasteiger charge is 2.52. The Hall–Kier alpha value is -0.890. The predicted molar refractivity (Wildman–Crippen MR) is 51.6 cm³/mol. The van der Waals surface area contributed by atoms with E-state index in [0.717, 1.165) is 5.92 Å². The molecule has 2 fully saturated rings. The van der Waals surface area contributed by atoms with E-state index in [9.17, 15) is 0 Å². The molecule has 1 aromatic heterocycles. The molecule has 0 radical (unpaired) electrons. The zero-order valence-electron chi connectivity index (χ0n) is 7.66. The molecule has 0 bridgehead atoms. The fourth-order valence-corrected chi connectivity index (χ4v) is 2.59. The second kappa shape index (κ2) is 2.55. The quantitative estimate of drug-likeness (QED) is 0.700. The average Bonchev–Trinajstić information content (AvgIpc) is 2.80. The summed E-state index contributed by atoms with van der Waals surface area (Å²) in [6.07, 6.45) is 7.87. The molecule has 2 nitrogen and oxygen atoms in total. The van der Waals surface area contributed by atoms with Crippen LogP contribution in [0.4, 0.5) is 0 Å². The van der Waals surface area contributed by atoms with Crippen LogP contribution < -0.4 is 5.32 Å². The van der Waals surface area contributed by atoms with Crippen LogP contribution in [0.5, 0.6) is 0 Å². The van der Waals surface area contributed by atoms with Gasteiger partial charge in [-0.15, -0.1) is 0 Å². The van der Waals surface area contributed by atoms with Gasteiger partial charge in [0.25, 0.3) is 0 Å². The lowest BCUT2D eigenvalue weighted by molar-refractivity contribution is 0.534. The summed E-state index contributed by atoms with van der Waals surface area (Å²) in [6, 6.07) is 4.26. The summed E-state index contributed by atoms with van der Waals surface area (Å²) >= 11 is 0. The van der Waals surface area contributed by atoms with Gasteiger partial charge in [-0.25, -0.2) is 0 Å². The summed E-state index contributed by atoms with van der Waals surface area (Å²) < 4.78 is 0. The Kier molecular flexibility index (Phi) is 1.47. The summed E-state index contributed by atoms with van der Waals surface area (Å²) in [5.74, 6) is 0.723. The number of aromatic nitrogens is 1. The smallest absolute Gasteiger partial charge is 0.0303 e. The van der Waals surface area contributed by atoms with Crippen LogP contribution in [0.1, 0.15) is 30.7 Å². The SMILES string of the molecule is c1cncc(C2CCNC23CC3)c1. The van der Waals surface area contributed by atoms with Gasteiger partial charge in [-0.05, 0) is 37.4 Å². The molecular weight excluding hydrogens is 160 g/mol. The van der Waals surface area contributed by atoms with Gasteiger partial charge in [0, 0.05) is 23.9 Å². The van der Waals surface area contributed by atoms with Gasteiger partial charge < -0.3 is 5.32 Å². The van der Waals surface area contributed by atoms with Crippen molar-refractivity contribution in [2.45, 2.75) is 30.7 Å². The third-order valence-electron chi connectivity index (χ3n) is 3.45. The van der Waals surface area contributed by atoms with Crippen molar-refractivity contribution < 1.29 is 0 Å². The van der Waals surface area contributed by atoms with Gasteiger partial charge in [-0.1, -0.05) is 6.07 Å². The largest absolute Gasteiger partial charge is 0.311 e.